The molecule has 2 aromatic rings. The highest BCUT2D eigenvalue weighted by atomic mass is 16.6. The first-order valence-electron chi connectivity index (χ1n) is 11.0. The van der Waals surface area contributed by atoms with Crippen LogP contribution in [0.4, 0.5) is 11.4 Å². The molecule has 2 aliphatic heterocycles. The van der Waals surface area contributed by atoms with Gasteiger partial charge in [0.2, 0.25) is 0 Å². The smallest absolute Gasteiger partial charge is 0.282 e. The lowest BCUT2D eigenvalue weighted by Crippen LogP contribution is -2.46. The van der Waals surface area contributed by atoms with Crippen molar-refractivity contribution in [2.75, 3.05) is 44.7 Å². The summed E-state index contributed by atoms with van der Waals surface area (Å²) < 4.78 is 5.81. The fourth-order valence-corrected chi connectivity index (χ4v) is 4.05. The lowest BCUT2D eigenvalue weighted by Gasteiger charge is -2.34. The van der Waals surface area contributed by atoms with E-state index in [-0.39, 0.29) is 11.3 Å². The average Bonchev–Trinajstić information content (AvgIpc) is 3.08. The first kappa shape index (κ1) is 22.5. The van der Waals surface area contributed by atoms with Crippen molar-refractivity contribution in [3.8, 4) is 5.75 Å². The summed E-state index contributed by atoms with van der Waals surface area (Å²) in [5.74, 6) is -0.412. The van der Waals surface area contributed by atoms with Crippen LogP contribution in [0.3, 0.4) is 0 Å². The highest BCUT2D eigenvalue weighted by molar-refractivity contribution is 6.45. The van der Waals surface area contributed by atoms with Gasteiger partial charge in [-0.1, -0.05) is 19.1 Å². The number of benzene rings is 2. The molecule has 9 nitrogen and oxygen atoms in total. The summed E-state index contributed by atoms with van der Waals surface area (Å²) in [7, 11) is 2.01. The van der Waals surface area contributed by atoms with Crippen LogP contribution in [-0.4, -0.2) is 66.4 Å². The standard InChI is InChI=1S/C24H26N4O5/c1-3-16-33-20-7-5-4-6-19(20)27-23(29)21(17-8-10-18(11-9-17)28(31)32)22(24(27)30)26-14-12-25(2)13-15-26/h4-11H,3,12-16H2,1-2H3. The van der Waals surface area contributed by atoms with E-state index in [4.69, 9.17) is 4.74 Å². The molecule has 0 bridgehead atoms. The molecule has 1 fully saturated rings. The lowest BCUT2D eigenvalue weighted by atomic mass is 10.0. The normalized spacial score (nSPS) is 17.2. The summed E-state index contributed by atoms with van der Waals surface area (Å²) in [6, 6.07) is 12.7. The molecule has 9 heteroatoms. The van der Waals surface area contributed by atoms with E-state index in [1.807, 2.05) is 18.9 Å². The van der Waals surface area contributed by atoms with Crippen LogP contribution in [0.15, 0.2) is 54.2 Å². The lowest BCUT2D eigenvalue weighted by molar-refractivity contribution is -0.384. The Kier molecular flexibility index (Phi) is 6.41. The van der Waals surface area contributed by atoms with Gasteiger partial charge in [-0.05, 0) is 43.3 Å². The molecule has 0 radical (unpaired) electrons. The summed E-state index contributed by atoms with van der Waals surface area (Å²) in [5, 5.41) is 11.1. The molecule has 1 saturated heterocycles. The molecule has 0 atom stereocenters. The van der Waals surface area contributed by atoms with E-state index in [1.165, 1.54) is 24.3 Å². The second-order valence-electron chi connectivity index (χ2n) is 8.08. The minimum atomic E-state index is -0.491. The minimum Gasteiger partial charge on any atom is -0.491 e. The van der Waals surface area contributed by atoms with Gasteiger partial charge >= 0.3 is 0 Å². The molecule has 0 unspecified atom stereocenters. The molecule has 172 valence electrons. The van der Waals surface area contributed by atoms with Crippen LogP contribution < -0.4 is 9.64 Å². The molecular weight excluding hydrogens is 424 g/mol. The van der Waals surface area contributed by atoms with E-state index in [1.54, 1.807) is 24.3 Å². The number of anilines is 1. The fraction of sp³-hybridized carbons (Fsp3) is 0.333. The van der Waals surface area contributed by atoms with Gasteiger partial charge < -0.3 is 14.5 Å². The number of carbonyl (C=O) groups excluding carboxylic acids is 2. The Morgan fingerprint density at radius 3 is 2.27 bits per heavy atom. The van der Waals surface area contributed by atoms with Crippen molar-refractivity contribution in [2.45, 2.75) is 13.3 Å². The largest absolute Gasteiger partial charge is 0.491 e. The third-order valence-electron chi connectivity index (χ3n) is 5.81. The van der Waals surface area contributed by atoms with Crippen LogP contribution >= 0.6 is 0 Å². The number of nitrogens with zero attached hydrogens (tertiary/aromatic N) is 4. The Balaban J connectivity index is 1.79. The number of para-hydroxylation sites is 2. The van der Waals surface area contributed by atoms with Crippen molar-refractivity contribution in [3.63, 3.8) is 0 Å². The number of nitro groups is 1. The number of hydrogen-bond donors (Lipinski definition) is 0. The maximum absolute atomic E-state index is 13.7. The highest BCUT2D eigenvalue weighted by Gasteiger charge is 2.44. The number of carbonyl (C=O) groups is 2. The van der Waals surface area contributed by atoms with E-state index in [9.17, 15) is 19.7 Å². The number of ether oxygens (including phenoxy) is 1. The van der Waals surface area contributed by atoms with Crippen molar-refractivity contribution in [1.82, 2.24) is 9.80 Å². The average molecular weight is 450 g/mol. The van der Waals surface area contributed by atoms with Crippen molar-refractivity contribution < 1.29 is 19.2 Å². The van der Waals surface area contributed by atoms with Gasteiger partial charge in [-0.25, -0.2) is 4.90 Å². The first-order chi connectivity index (χ1) is 15.9. The molecule has 0 N–H and O–H groups in total. The second kappa shape index (κ2) is 9.41. The van der Waals surface area contributed by atoms with Crippen LogP contribution in [0, 0.1) is 10.1 Å². The van der Waals surface area contributed by atoms with E-state index in [0.29, 0.717) is 42.4 Å². The number of non-ortho nitro benzene ring substituents is 1. The number of nitro benzene ring substituents is 1. The topological polar surface area (TPSA) is 96.2 Å². The van der Waals surface area contributed by atoms with Crippen LogP contribution in [0.25, 0.3) is 5.57 Å². The monoisotopic (exact) mass is 450 g/mol. The number of hydrogen-bond acceptors (Lipinski definition) is 7. The third kappa shape index (κ3) is 4.31. The van der Waals surface area contributed by atoms with Crippen molar-refractivity contribution in [3.05, 3.63) is 69.9 Å². The van der Waals surface area contributed by atoms with Gasteiger partial charge in [-0.2, -0.15) is 0 Å². The van der Waals surface area contributed by atoms with Crippen molar-refractivity contribution in [2.24, 2.45) is 0 Å². The van der Waals surface area contributed by atoms with Crippen LogP contribution in [-0.2, 0) is 9.59 Å². The van der Waals surface area contributed by atoms with E-state index in [0.717, 1.165) is 24.4 Å². The Morgan fingerprint density at radius 2 is 1.64 bits per heavy atom. The molecule has 0 aliphatic carbocycles. The maximum Gasteiger partial charge on any atom is 0.282 e. The molecular formula is C24H26N4O5. The van der Waals surface area contributed by atoms with Gasteiger partial charge in [-0.15, -0.1) is 0 Å². The van der Waals surface area contributed by atoms with Gasteiger partial charge in [-0.3, -0.25) is 19.7 Å². The predicted octanol–water partition coefficient (Wildman–Crippen LogP) is 2.92. The first-order valence-corrected chi connectivity index (χ1v) is 11.0. The van der Waals surface area contributed by atoms with E-state index in [2.05, 4.69) is 4.90 Å². The van der Waals surface area contributed by atoms with Crippen LogP contribution in [0.2, 0.25) is 0 Å². The molecule has 2 aromatic carbocycles. The fourth-order valence-electron chi connectivity index (χ4n) is 4.05. The number of rotatable bonds is 7. The quantitative estimate of drug-likeness (QED) is 0.364. The zero-order valence-electron chi connectivity index (χ0n) is 18.7. The Morgan fingerprint density at radius 1 is 0.970 bits per heavy atom. The Hall–Kier alpha value is -3.72. The molecule has 2 amide bonds. The highest BCUT2D eigenvalue weighted by Crippen LogP contribution is 2.39. The maximum atomic E-state index is 13.7. The third-order valence-corrected chi connectivity index (χ3v) is 5.81. The van der Waals surface area contributed by atoms with Gasteiger partial charge in [0.1, 0.15) is 11.4 Å². The Labute approximate surface area is 192 Å². The summed E-state index contributed by atoms with van der Waals surface area (Å²) in [5.41, 5.74) is 1.37. The summed E-state index contributed by atoms with van der Waals surface area (Å²) in [4.78, 5) is 43.3. The van der Waals surface area contributed by atoms with Gasteiger partial charge in [0.25, 0.3) is 17.5 Å². The number of amides is 2. The van der Waals surface area contributed by atoms with E-state index < -0.39 is 16.7 Å². The van der Waals surface area contributed by atoms with Gasteiger partial charge in [0, 0.05) is 38.3 Å². The zero-order valence-corrected chi connectivity index (χ0v) is 18.7. The van der Waals surface area contributed by atoms with Crippen molar-refractivity contribution in [1.29, 1.82) is 0 Å². The zero-order chi connectivity index (χ0) is 23.5. The molecule has 0 saturated carbocycles. The van der Waals surface area contributed by atoms with Crippen LogP contribution in [0.1, 0.15) is 18.9 Å². The summed E-state index contributed by atoms with van der Waals surface area (Å²) in [6.45, 7) is 5.16. The number of imide groups is 1. The van der Waals surface area contributed by atoms with Gasteiger partial charge in [0.15, 0.2) is 0 Å². The predicted molar refractivity (Wildman–Crippen MR) is 124 cm³/mol. The van der Waals surface area contributed by atoms with Crippen LogP contribution in [0.5, 0.6) is 5.75 Å². The minimum absolute atomic E-state index is 0.0764. The molecule has 0 aromatic heterocycles. The van der Waals surface area contributed by atoms with E-state index >= 15 is 0 Å². The molecule has 2 heterocycles. The number of piperazine rings is 1. The second-order valence-corrected chi connectivity index (χ2v) is 8.08. The molecule has 4 rings (SSSR count). The number of likely N-dealkylation sites (N-methyl/N-ethyl adjacent to an activating group) is 1. The van der Waals surface area contributed by atoms with Gasteiger partial charge in [0.05, 0.1) is 22.8 Å². The summed E-state index contributed by atoms with van der Waals surface area (Å²) >= 11 is 0. The Bertz CT molecular complexity index is 1100. The van der Waals surface area contributed by atoms with Crippen molar-refractivity contribution >= 4 is 28.8 Å². The molecule has 33 heavy (non-hydrogen) atoms. The summed E-state index contributed by atoms with van der Waals surface area (Å²) in [6.07, 6.45) is 0.787. The molecule has 0 spiro atoms. The SMILES string of the molecule is CCCOc1ccccc1N1C(=O)C(c2ccc([N+](=O)[O-])cc2)=C(N2CCN(C)CC2)C1=O. The molecule has 2 aliphatic rings.